The molecule has 0 aromatic heterocycles. The first-order chi connectivity index (χ1) is 10.1. The maximum atomic E-state index is 12.1. The minimum atomic E-state index is -0.468. The molecule has 21 heavy (non-hydrogen) atoms. The van der Waals surface area contributed by atoms with E-state index in [-0.39, 0.29) is 11.8 Å². The van der Waals surface area contributed by atoms with E-state index in [4.69, 9.17) is 10.5 Å². The lowest BCUT2D eigenvalue weighted by molar-refractivity contribution is -0.118. The number of anilines is 1. The summed E-state index contributed by atoms with van der Waals surface area (Å²) in [5.74, 6) is 0.817. The highest BCUT2D eigenvalue weighted by atomic mass is 16.5. The summed E-state index contributed by atoms with van der Waals surface area (Å²) in [5.41, 5.74) is 7.80. The van der Waals surface area contributed by atoms with Crippen molar-refractivity contribution in [2.45, 2.75) is 45.8 Å². The van der Waals surface area contributed by atoms with E-state index in [1.165, 1.54) is 12.8 Å². The molecule has 1 fully saturated rings. The van der Waals surface area contributed by atoms with Crippen LogP contribution in [0.4, 0.5) is 5.69 Å². The van der Waals surface area contributed by atoms with Gasteiger partial charge < -0.3 is 15.8 Å². The minimum Gasteiger partial charge on any atom is -0.376 e. The second-order valence-corrected chi connectivity index (χ2v) is 6.06. The Balaban J connectivity index is 1.85. The molecule has 0 aliphatic heterocycles. The molecule has 2 unspecified atom stereocenters. The van der Waals surface area contributed by atoms with Gasteiger partial charge in [-0.3, -0.25) is 4.79 Å². The summed E-state index contributed by atoms with van der Waals surface area (Å²) >= 11 is 0. The average molecular weight is 290 g/mol. The lowest BCUT2D eigenvalue weighted by atomic mass is 9.99. The van der Waals surface area contributed by atoms with Crippen LogP contribution in [-0.4, -0.2) is 18.6 Å². The third kappa shape index (κ3) is 5.14. The zero-order valence-electron chi connectivity index (χ0n) is 13.0. The van der Waals surface area contributed by atoms with Crippen LogP contribution in [0.3, 0.4) is 0 Å². The van der Waals surface area contributed by atoms with Gasteiger partial charge in [-0.1, -0.05) is 32.4 Å². The number of nitrogens with two attached hydrogens (primary N) is 1. The molecular weight excluding hydrogens is 264 g/mol. The van der Waals surface area contributed by atoms with Gasteiger partial charge in [0.2, 0.25) is 5.91 Å². The molecule has 2 rings (SSSR count). The predicted octanol–water partition coefficient (Wildman–Crippen LogP) is 2.93. The Morgan fingerprint density at radius 1 is 1.48 bits per heavy atom. The van der Waals surface area contributed by atoms with E-state index in [1.807, 2.05) is 38.1 Å². The van der Waals surface area contributed by atoms with Gasteiger partial charge in [-0.2, -0.15) is 0 Å². The molecule has 0 saturated heterocycles. The SMILES string of the molecule is CCC(C)C(N)C(=O)Nc1cccc(COCC2CC2)c1. The third-order valence-corrected chi connectivity index (χ3v) is 4.07. The maximum absolute atomic E-state index is 12.1. The molecule has 2 atom stereocenters. The molecule has 4 nitrogen and oxygen atoms in total. The molecule has 3 N–H and O–H groups in total. The molecule has 1 amide bonds. The van der Waals surface area contributed by atoms with Crippen molar-refractivity contribution >= 4 is 11.6 Å². The standard InChI is InChI=1S/C17H26N2O2/c1-3-12(2)16(18)17(20)19-15-6-4-5-14(9-15)11-21-10-13-7-8-13/h4-6,9,12-13,16H,3,7-8,10-11,18H2,1-2H3,(H,19,20). The Bertz CT molecular complexity index is 472. The Morgan fingerprint density at radius 2 is 2.24 bits per heavy atom. The van der Waals surface area contributed by atoms with E-state index in [2.05, 4.69) is 5.32 Å². The van der Waals surface area contributed by atoms with E-state index in [9.17, 15) is 4.79 Å². The first-order valence-corrected chi connectivity index (χ1v) is 7.83. The van der Waals surface area contributed by atoms with Crippen molar-refractivity contribution in [3.63, 3.8) is 0 Å². The van der Waals surface area contributed by atoms with Gasteiger partial charge in [0.1, 0.15) is 0 Å². The third-order valence-electron chi connectivity index (χ3n) is 4.07. The van der Waals surface area contributed by atoms with Gasteiger partial charge in [-0.05, 0) is 42.4 Å². The fourth-order valence-electron chi connectivity index (χ4n) is 2.10. The summed E-state index contributed by atoms with van der Waals surface area (Å²) in [5, 5.41) is 2.89. The molecule has 1 aliphatic carbocycles. The van der Waals surface area contributed by atoms with Gasteiger partial charge in [-0.25, -0.2) is 0 Å². The molecule has 0 bridgehead atoms. The lowest BCUT2D eigenvalue weighted by Crippen LogP contribution is -2.40. The van der Waals surface area contributed by atoms with Crippen LogP contribution in [0.15, 0.2) is 24.3 Å². The molecule has 0 spiro atoms. The van der Waals surface area contributed by atoms with E-state index in [0.29, 0.717) is 6.61 Å². The van der Waals surface area contributed by atoms with Gasteiger partial charge in [0.15, 0.2) is 0 Å². The molecule has 1 aliphatic rings. The van der Waals surface area contributed by atoms with Crippen molar-refractivity contribution in [3.05, 3.63) is 29.8 Å². The molecule has 4 heteroatoms. The Kier molecular flexibility index (Phi) is 5.76. The topological polar surface area (TPSA) is 64.4 Å². The summed E-state index contributed by atoms with van der Waals surface area (Å²) in [6.07, 6.45) is 3.48. The van der Waals surface area contributed by atoms with Gasteiger partial charge in [0.25, 0.3) is 0 Å². The highest BCUT2D eigenvalue weighted by Crippen LogP contribution is 2.29. The van der Waals surface area contributed by atoms with E-state index in [1.54, 1.807) is 0 Å². The van der Waals surface area contributed by atoms with Gasteiger partial charge in [0.05, 0.1) is 12.6 Å². The van der Waals surface area contributed by atoms with Crippen molar-refractivity contribution in [2.24, 2.45) is 17.6 Å². The number of benzene rings is 1. The number of amides is 1. The molecule has 1 aromatic rings. The van der Waals surface area contributed by atoms with Crippen LogP contribution in [0.1, 0.15) is 38.7 Å². The van der Waals surface area contributed by atoms with Crippen LogP contribution in [0.2, 0.25) is 0 Å². The van der Waals surface area contributed by atoms with Crippen LogP contribution >= 0.6 is 0 Å². The number of carbonyl (C=O) groups excluding carboxylic acids is 1. The summed E-state index contributed by atoms with van der Waals surface area (Å²) in [4.78, 5) is 12.1. The Labute approximate surface area is 127 Å². The first-order valence-electron chi connectivity index (χ1n) is 7.83. The van der Waals surface area contributed by atoms with Crippen molar-refractivity contribution in [3.8, 4) is 0 Å². The summed E-state index contributed by atoms with van der Waals surface area (Å²) in [7, 11) is 0. The zero-order chi connectivity index (χ0) is 15.2. The van der Waals surface area contributed by atoms with Crippen molar-refractivity contribution < 1.29 is 9.53 Å². The molecular formula is C17H26N2O2. The molecule has 0 heterocycles. The number of nitrogens with one attached hydrogen (secondary N) is 1. The number of hydrogen-bond acceptors (Lipinski definition) is 3. The monoisotopic (exact) mass is 290 g/mol. The smallest absolute Gasteiger partial charge is 0.241 e. The summed E-state index contributed by atoms with van der Waals surface area (Å²) < 4.78 is 5.67. The first kappa shape index (κ1) is 16.0. The largest absolute Gasteiger partial charge is 0.376 e. The van der Waals surface area contributed by atoms with Crippen LogP contribution in [0.5, 0.6) is 0 Å². The average Bonchev–Trinajstić information content (AvgIpc) is 3.30. The molecule has 0 radical (unpaired) electrons. The van der Waals surface area contributed by atoms with E-state index >= 15 is 0 Å². The van der Waals surface area contributed by atoms with Crippen molar-refractivity contribution in [2.75, 3.05) is 11.9 Å². The highest BCUT2D eigenvalue weighted by Gasteiger charge is 2.21. The van der Waals surface area contributed by atoms with Crippen LogP contribution < -0.4 is 11.1 Å². The Hall–Kier alpha value is -1.39. The summed E-state index contributed by atoms with van der Waals surface area (Å²) in [6, 6.07) is 7.31. The second kappa shape index (κ2) is 7.57. The van der Waals surface area contributed by atoms with Gasteiger partial charge in [0, 0.05) is 12.3 Å². The maximum Gasteiger partial charge on any atom is 0.241 e. The number of carbonyl (C=O) groups is 1. The van der Waals surface area contributed by atoms with Gasteiger partial charge in [-0.15, -0.1) is 0 Å². The number of rotatable bonds is 8. The number of ether oxygens (including phenoxy) is 1. The molecule has 1 aromatic carbocycles. The zero-order valence-corrected chi connectivity index (χ0v) is 13.0. The fourth-order valence-corrected chi connectivity index (χ4v) is 2.10. The second-order valence-electron chi connectivity index (χ2n) is 6.06. The fraction of sp³-hybridized carbons (Fsp3) is 0.588. The van der Waals surface area contributed by atoms with Crippen LogP contribution in [-0.2, 0) is 16.1 Å². The predicted molar refractivity (Wildman–Crippen MR) is 84.9 cm³/mol. The van der Waals surface area contributed by atoms with Crippen molar-refractivity contribution in [1.29, 1.82) is 0 Å². The van der Waals surface area contributed by atoms with E-state index in [0.717, 1.165) is 30.2 Å². The van der Waals surface area contributed by atoms with Gasteiger partial charge >= 0.3 is 0 Å². The quantitative estimate of drug-likeness (QED) is 0.773. The van der Waals surface area contributed by atoms with Crippen LogP contribution in [0, 0.1) is 11.8 Å². The van der Waals surface area contributed by atoms with Crippen molar-refractivity contribution in [1.82, 2.24) is 0 Å². The lowest BCUT2D eigenvalue weighted by Gasteiger charge is -2.18. The normalized spacial score (nSPS) is 17.3. The van der Waals surface area contributed by atoms with Crippen LogP contribution in [0.25, 0.3) is 0 Å². The minimum absolute atomic E-state index is 0.125. The highest BCUT2D eigenvalue weighted by molar-refractivity contribution is 5.94. The molecule has 116 valence electrons. The molecule has 1 saturated carbocycles. The Morgan fingerprint density at radius 3 is 2.90 bits per heavy atom. The summed E-state index contributed by atoms with van der Waals surface area (Å²) in [6.45, 7) is 5.47. The number of hydrogen-bond donors (Lipinski definition) is 2. The van der Waals surface area contributed by atoms with E-state index < -0.39 is 6.04 Å².